The highest BCUT2D eigenvalue weighted by molar-refractivity contribution is 5.80. The Bertz CT molecular complexity index is 2490. The first-order valence-corrected chi connectivity index (χ1v) is 30.7. The smallest absolute Gasteiger partial charge is 0.308 e. The number of aliphatic hydroxyl groups excluding tert-OH is 12. The van der Waals surface area contributed by atoms with Gasteiger partial charge in [0.15, 0.2) is 12.1 Å². The minimum atomic E-state index is -2.47. The summed E-state index contributed by atoms with van der Waals surface area (Å²) in [7, 11) is 0. The molecule has 0 aromatic heterocycles. The maximum Gasteiger partial charge on any atom is 0.308 e. The van der Waals surface area contributed by atoms with E-state index in [4.69, 9.17) is 23.7 Å². The van der Waals surface area contributed by atoms with Crippen LogP contribution in [0.4, 0.5) is 0 Å². The van der Waals surface area contributed by atoms with Crippen LogP contribution in [-0.2, 0) is 39.8 Å². The monoisotopic (exact) mass is 1240 g/mol. The van der Waals surface area contributed by atoms with Crippen molar-refractivity contribution in [3.63, 3.8) is 0 Å². The van der Waals surface area contributed by atoms with E-state index in [0.29, 0.717) is 19.6 Å². The SMILES string of the molecule is CC1[C@H](C)OC(=O)C[C@H](O)C[C@H](O)CC[C@@H](O)[C@H](O)C[C@H](O)C[C@]2(O)C[C@H](O)C(C(=O)N3CCN(Cc4ccccc4)CC3)C(C[C@@H](O[C@@H]3O[C@H](C)[C@@H](O)[C@H](NC[C@@]4(O)OC[C@@H](O)[C@@H](O)[C@@H]4O)[C@@H]3O)C=CC=CC=CC=CC=CC=CC=C[C@H](C)[C@H]1O)O2. The summed E-state index contributed by atoms with van der Waals surface area (Å²) in [5.41, 5.74) is 1.09. The zero-order valence-corrected chi connectivity index (χ0v) is 50.7. The number of allylic oxidation sites excluding steroid dienone is 12. The molecule has 23 atom stereocenters. The van der Waals surface area contributed by atoms with Crippen LogP contribution in [-0.4, -0.2) is 254 Å². The molecule has 0 saturated carbocycles. The molecule has 5 aliphatic rings. The lowest BCUT2D eigenvalue weighted by atomic mass is 9.81. The molecule has 24 heteroatoms. The van der Waals surface area contributed by atoms with Crippen molar-refractivity contribution in [1.82, 2.24) is 15.1 Å². The number of carbonyl (C=O) groups excluding carboxylic acids is 2. The molecule has 88 heavy (non-hydrogen) atoms. The zero-order valence-electron chi connectivity index (χ0n) is 50.7. The molecule has 5 aliphatic heterocycles. The number of fused-ring (bicyclic) bond motifs is 2. The number of ether oxygens (including phenoxy) is 5. The minimum Gasteiger partial charge on any atom is -0.462 e. The lowest BCUT2D eigenvalue weighted by Crippen LogP contribution is -2.69. The van der Waals surface area contributed by atoms with Gasteiger partial charge in [-0.15, -0.1) is 0 Å². The molecule has 1 aromatic carbocycles. The van der Waals surface area contributed by atoms with E-state index < -0.39 is 184 Å². The summed E-state index contributed by atoms with van der Waals surface area (Å²) in [5.74, 6) is -8.20. The second-order valence-electron chi connectivity index (χ2n) is 24.3. The van der Waals surface area contributed by atoms with E-state index in [0.717, 1.165) is 5.56 Å². The molecule has 4 fully saturated rings. The number of nitrogens with one attached hydrogen (secondary N) is 1. The van der Waals surface area contributed by atoms with Crippen LogP contribution in [0.2, 0.25) is 0 Å². The molecule has 0 radical (unpaired) electrons. The Kier molecular flexibility index (Phi) is 28.7. The van der Waals surface area contributed by atoms with Crippen LogP contribution in [0, 0.1) is 17.8 Å². The van der Waals surface area contributed by atoms with Crippen LogP contribution in [0.25, 0.3) is 0 Å². The summed E-state index contributed by atoms with van der Waals surface area (Å²) in [6, 6.07) is 8.49. The number of cyclic esters (lactones) is 1. The molecule has 1 amide bonds. The van der Waals surface area contributed by atoms with E-state index >= 15 is 0 Å². The Balaban J connectivity index is 1.27. The standard InChI is InChI=1S/C64H97N3O21/c1-39-20-16-13-11-9-7-5-6-8-10-12-14-19-23-47(87-62-59(79)55(57(77)42(4)86-62)65-38-64(83)60(80)58(78)51(74)37-84-64)33-52-54(61(81)67-28-26-66(27-29-67)36-43-21-17-15-18-22-43)50(73)35-63(82,88-52)34-46(70)31-49(72)48(71)25-24-44(68)30-45(69)32-53(75)85-41(3)40(2)56(39)76/h5-23,39-42,44-52,54-60,62,65,68-74,76-80,82-83H,24-38H2,1-4H3/t39-,40?,41-,42+,44+,45+,46-,47-,48+,49+,50-,51+,52?,54?,55-,56+,57+,58+,59-,60-,62-,63+,64+/m0/s1. The number of esters is 1. The third kappa shape index (κ3) is 21.6. The number of piperazine rings is 1. The fraction of sp³-hybridized carbons (Fsp3) is 0.656. The molecular weight excluding hydrogens is 1150 g/mol. The highest BCUT2D eigenvalue weighted by atomic mass is 16.7. The van der Waals surface area contributed by atoms with Gasteiger partial charge < -0.3 is 105 Å². The van der Waals surface area contributed by atoms with Crippen molar-refractivity contribution in [2.24, 2.45) is 17.8 Å². The fourth-order valence-electron chi connectivity index (χ4n) is 11.7. The molecule has 4 saturated heterocycles. The summed E-state index contributed by atoms with van der Waals surface area (Å²) in [6.45, 7) is 7.72. The lowest BCUT2D eigenvalue weighted by Gasteiger charge is -2.48. The van der Waals surface area contributed by atoms with Gasteiger partial charge in [0.1, 0.15) is 30.5 Å². The number of hydrogen-bond donors (Lipinski definition) is 15. The predicted octanol–water partition coefficient (Wildman–Crippen LogP) is -0.596. The largest absolute Gasteiger partial charge is 0.462 e. The van der Waals surface area contributed by atoms with Gasteiger partial charge >= 0.3 is 5.97 Å². The van der Waals surface area contributed by atoms with Crippen molar-refractivity contribution < 1.29 is 105 Å². The van der Waals surface area contributed by atoms with Gasteiger partial charge in [-0.2, -0.15) is 0 Å². The van der Waals surface area contributed by atoms with Crippen LogP contribution in [0.5, 0.6) is 0 Å². The van der Waals surface area contributed by atoms with Crippen LogP contribution in [0.15, 0.2) is 115 Å². The molecule has 2 bridgehead atoms. The molecule has 1 aromatic rings. The highest BCUT2D eigenvalue weighted by Gasteiger charge is 2.53. The van der Waals surface area contributed by atoms with Gasteiger partial charge in [-0.25, -0.2) is 0 Å². The second-order valence-corrected chi connectivity index (χ2v) is 24.3. The van der Waals surface area contributed by atoms with E-state index in [9.17, 15) is 81.1 Å². The highest BCUT2D eigenvalue weighted by Crippen LogP contribution is 2.39. The van der Waals surface area contributed by atoms with Crippen molar-refractivity contribution in [3.8, 4) is 0 Å². The average molecular weight is 1240 g/mol. The van der Waals surface area contributed by atoms with E-state index in [1.54, 1.807) is 97.7 Å². The third-order valence-electron chi connectivity index (χ3n) is 17.2. The zero-order chi connectivity index (χ0) is 64.3. The van der Waals surface area contributed by atoms with Gasteiger partial charge in [0.2, 0.25) is 11.7 Å². The molecule has 5 heterocycles. The first-order valence-electron chi connectivity index (χ1n) is 30.7. The quantitative estimate of drug-likeness (QED) is 0.145. The lowest BCUT2D eigenvalue weighted by molar-refractivity contribution is -0.323. The number of carbonyl (C=O) groups is 2. The number of aliphatic hydroxyl groups is 14. The maximum atomic E-state index is 14.9. The minimum absolute atomic E-state index is 0.130. The first kappa shape index (κ1) is 72.6. The van der Waals surface area contributed by atoms with Gasteiger partial charge in [0.05, 0.1) is 98.7 Å². The molecule has 3 unspecified atom stereocenters. The van der Waals surface area contributed by atoms with Crippen molar-refractivity contribution in [3.05, 3.63) is 121 Å². The Labute approximate surface area is 515 Å². The number of nitrogens with zero attached hydrogens (tertiary/aromatic N) is 2. The molecular formula is C64H97N3O21. The first-order chi connectivity index (χ1) is 41.8. The Morgan fingerprint density at radius 1 is 0.636 bits per heavy atom. The predicted molar refractivity (Wildman–Crippen MR) is 320 cm³/mol. The van der Waals surface area contributed by atoms with Crippen LogP contribution in [0.1, 0.15) is 84.6 Å². The Morgan fingerprint density at radius 2 is 1.25 bits per heavy atom. The second kappa shape index (κ2) is 34.8. The third-order valence-corrected chi connectivity index (χ3v) is 17.2. The summed E-state index contributed by atoms with van der Waals surface area (Å²) < 4.78 is 29.8. The summed E-state index contributed by atoms with van der Waals surface area (Å²) in [6.07, 6.45) is -2.85. The number of amides is 1. The normalized spacial score (nSPS) is 40.7. The van der Waals surface area contributed by atoms with Gasteiger partial charge in [-0.1, -0.05) is 129 Å². The van der Waals surface area contributed by atoms with Gasteiger partial charge in [-0.3, -0.25) is 14.5 Å². The number of rotatable bonds is 8. The van der Waals surface area contributed by atoms with E-state index in [1.165, 1.54) is 6.92 Å². The Hall–Kier alpha value is -4.46. The topological polar surface area (TPSA) is 382 Å². The average Bonchev–Trinajstić information content (AvgIpc) is 1.12. The molecule has 6 rings (SSSR count). The van der Waals surface area contributed by atoms with Gasteiger partial charge in [-0.05, 0) is 38.7 Å². The molecule has 494 valence electrons. The summed E-state index contributed by atoms with van der Waals surface area (Å²) in [5, 5.41) is 158. The van der Waals surface area contributed by atoms with E-state index in [2.05, 4.69) is 10.2 Å². The van der Waals surface area contributed by atoms with Crippen molar-refractivity contribution in [1.29, 1.82) is 0 Å². The number of hydrogen-bond acceptors (Lipinski definition) is 23. The van der Waals surface area contributed by atoms with E-state index in [-0.39, 0.29) is 44.7 Å². The van der Waals surface area contributed by atoms with Crippen molar-refractivity contribution in [2.75, 3.05) is 39.3 Å². The van der Waals surface area contributed by atoms with Crippen molar-refractivity contribution in [2.45, 2.75) is 207 Å². The summed E-state index contributed by atoms with van der Waals surface area (Å²) >= 11 is 0. The van der Waals surface area contributed by atoms with Crippen LogP contribution < -0.4 is 5.32 Å². The summed E-state index contributed by atoms with van der Waals surface area (Å²) in [4.78, 5) is 31.5. The van der Waals surface area contributed by atoms with Crippen LogP contribution in [0.3, 0.4) is 0 Å². The van der Waals surface area contributed by atoms with Crippen molar-refractivity contribution >= 4 is 11.9 Å². The Morgan fingerprint density at radius 3 is 1.89 bits per heavy atom. The molecule has 24 nitrogen and oxygen atoms in total. The molecule has 0 aliphatic carbocycles. The molecule has 15 N–H and O–H groups in total. The van der Waals surface area contributed by atoms with Gasteiger partial charge in [0, 0.05) is 70.2 Å². The van der Waals surface area contributed by atoms with Crippen LogP contribution >= 0.6 is 0 Å². The maximum absolute atomic E-state index is 14.9. The fourth-order valence-corrected chi connectivity index (χ4v) is 11.7. The van der Waals surface area contributed by atoms with Gasteiger partial charge in [0.25, 0.3) is 0 Å². The number of benzene rings is 1. The van der Waals surface area contributed by atoms with E-state index in [1.807, 2.05) is 43.3 Å². The molecule has 0 spiro atoms.